The van der Waals surface area contributed by atoms with Crippen LogP contribution in [0.2, 0.25) is 0 Å². The van der Waals surface area contributed by atoms with Crippen molar-refractivity contribution in [3.63, 3.8) is 0 Å². The summed E-state index contributed by atoms with van der Waals surface area (Å²) in [6.07, 6.45) is -4.58. The molecule has 1 aromatic rings. The topological polar surface area (TPSA) is 20.3 Å². The van der Waals surface area contributed by atoms with Crippen molar-refractivity contribution in [3.05, 3.63) is 35.1 Å². The van der Waals surface area contributed by atoms with Crippen molar-refractivity contribution in [3.8, 4) is 0 Å². The Morgan fingerprint density at radius 1 is 1.29 bits per heavy atom. The van der Waals surface area contributed by atoms with E-state index in [9.17, 15) is 22.4 Å². The second-order valence-electron chi connectivity index (χ2n) is 6.44. The van der Waals surface area contributed by atoms with Crippen molar-refractivity contribution in [2.24, 2.45) is 0 Å². The van der Waals surface area contributed by atoms with E-state index in [1.165, 1.54) is 4.90 Å². The number of hydrogen-bond acceptors (Lipinski definition) is 3. The van der Waals surface area contributed by atoms with Gasteiger partial charge in [0.1, 0.15) is 11.2 Å². The monoisotopic (exact) mass is 381 g/mol. The first-order valence-electron chi connectivity index (χ1n) is 7.41. The Hall–Kier alpha value is -0.890. The Kier molecular flexibility index (Phi) is 5.79. The molecular weight excluding hydrogens is 362 g/mol. The van der Waals surface area contributed by atoms with Crippen LogP contribution in [0.1, 0.15) is 37.3 Å². The van der Waals surface area contributed by atoms with Crippen molar-refractivity contribution in [1.29, 1.82) is 0 Å². The summed E-state index contributed by atoms with van der Waals surface area (Å²) in [6, 6.07) is 2.44. The molecule has 8 heteroatoms. The van der Waals surface area contributed by atoms with Crippen molar-refractivity contribution in [2.45, 2.75) is 37.1 Å². The Balaban J connectivity index is 2.26. The van der Waals surface area contributed by atoms with Crippen molar-refractivity contribution in [2.75, 3.05) is 18.1 Å². The van der Waals surface area contributed by atoms with Crippen LogP contribution in [0.3, 0.4) is 0 Å². The van der Waals surface area contributed by atoms with Gasteiger partial charge in [-0.3, -0.25) is 4.79 Å². The third-order valence-corrected chi connectivity index (χ3v) is 5.91. The fourth-order valence-corrected chi connectivity index (χ4v) is 4.54. The lowest BCUT2D eigenvalue weighted by atomic mass is 10.1. The number of carbonyl (C=O) groups excluding carboxylic acids is 1. The Morgan fingerprint density at radius 3 is 2.54 bits per heavy atom. The summed E-state index contributed by atoms with van der Waals surface area (Å²) < 4.78 is 53.2. The summed E-state index contributed by atoms with van der Waals surface area (Å²) in [5.41, 5.74) is -1.07. The lowest BCUT2D eigenvalue weighted by Crippen LogP contribution is -2.32. The van der Waals surface area contributed by atoms with Gasteiger partial charge in [-0.1, -0.05) is 20.8 Å². The van der Waals surface area contributed by atoms with Gasteiger partial charge in [0, 0.05) is 17.0 Å². The molecule has 0 aliphatic carbocycles. The van der Waals surface area contributed by atoms with Crippen LogP contribution < -0.4 is 0 Å². The highest BCUT2D eigenvalue weighted by Gasteiger charge is 2.40. The van der Waals surface area contributed by atoms with E-state index in [1.54, 1.807) is 11.8 Å². The van der Waals surface area contributed by atoms with E-state index in [1.807, 2.05) is 20.8 Å². The van der Waals surface area contributed by atoms with Gasteiger partial charge < -0.3 is 4.90 Å². The lowest BCUT2D eigenvalue weighted by Gasteiger charge is -2.27. The van der Waals surface area contributed by atoms with E-state index < -0.39 is 22.9 Å². The number of thioether (sulfide) groups is 2. The number of alkyl halides is 3. The Labute approximate surface area is 147 Å². The number of amides is 1. The minimum atomic E-state index is -4.58. The minimum Gasteiger partial charge on any atom is -0.325 e. The van der Waals surface area contributed by atoms with E-state index in [0.29, 0.717) is 12.3 Å². The molecule has 1 atom stereocenters. The summed E-state index contributed by atoms with van der Waals surface area (Å²) >= 11 is 2.74. The molecule has 0 N–H and O–H groups in total. The van der Waals surface area contributed by atoms with Gasteiger partial charge in [-0.25, -0.2) is 4.39 Å². The van der Waals surface area contributed by atoms with Gasteiger partial charge in [-0.2, -0.15) is 24.9 Å². The number of rotatable bonds is 4. The van der Waals surface area contributed by atoms with Crippen LogP contribution in [0.5, 0.6) is 0 Å². The van der Waals surface area contributed by atoms with E-state index in [-0.39, 0.29) is 22.0 Å². The van der Waals surface area contributed by atoms with Crippen LogP contribution in [-0.4, -0.2) is 33.6 Å². The molecule has 2 rings (SSSR count). The van der Waals surface area contributed by atoms with Gasteiger partial charge in [0.05, 0.1) is 11.3 Å². The van der Waals surface area contributed by atoms with E-state index in [0.717, 1.165) is 30.0 Å². The highest BCUT2D eigenvalue weighted by Crippen LogP contribution is 2.44. The molecule has 1 unspecified atom stereocenters. The zero-order valence-electron chi connectivity index (χ0n) is 13.6. The number of carbonyl (C=O) groups is 1. The predicted molar refractivity (Wildman–Crippen MR) is 90.5 cm³/mol. The normalized spacial score (nSPS) is 19.2. The molecule has 134 valence electrons. The first-order chi connectivity index (χ1) is 11.0. The molecule has 0 radical (unpaired) electrons. The molecule has 1 heterocycles. The van der Waals surface area contributed by atoms with Crippen molar-refractivity contribution in [1.82, 2.24) is 4.90 Å². The van der Waals surface area contributed by atoms with Crippen LogP contribution in [0.4, 0.5) is 17.6 Å². The summed E-state index contributed by atoms with van der Waals surface area (Å²) in [4.78, 5) is 13.5. The maximum absolute atomic E-state index is 13.5. The fraction of sp³-hybridized carbons (Fsp3) is 0.562. The maximum Gasteiger partial charge on any atom is 0.416 e. The van der Waals surface area contributed by atoms with Gasteiger partial charge in [0.15, 0.2) is 0 Å². The summed E-state index contributed by atoms with van der Waals surface area (Å²) in [7, 11) is 0. The zero-order chi connectivity index (χ0) is 18.1. The molecule has 2 nitrogen and oxygen atoms in total. The molecule has 0 aromatic heterocycles. The molecule has 1 aliphatic rings. The van der Waals surface area contributed by atoms with Crippen LogP contribution in [0.25, 0.3) is 0 Å². The van der Waals surface area contributed by atoms with Gasteiger partial charge in [0.2, 0.25) is 5.91 Å². The number of nitrogens with zero attached hydrogens (tertiary/aromatic N) is 1. The van der Waals surface area contributed by atoms with Crippen LogP contribution in [0.15, 0.2) is 18.2 Å². The van der Waals surface area contributed by atoms with Crippen LogP contribution >= 0.6 is 23.5 Å². The molecule has 0 spiro atoms. The maximum atomic E-state index is 13.5. The molecule has 0 bridgehead atoms. The highest BCUT2D eigenvalue weighted by atomic mass is 32.2. The van der Waals surface area contributed by atoms with Crippen LogP contribution in [-0.2, 0) is 11.0 Å². The number of hydrogen-bond donors (Lipinski definition) is 0. The largest absolute Gasteiger partial charge is 0.416 e. The molecular formula is C16H19F4NOS2. The third-order valence-electron chi connectivity index (χ3n) is 3.42. The van der Waals surface area contributed by atoms with E-state index >= 15 is 0 Å². The smallest absolute Gasteiger partial charge is 0.325 e. The molecule has 1 aliphatic heterocycles. The summed E-state index contributed by atoms with van der Waals surface area (Å²) in [5.74, 6) is -0.222. The van der Waals surface area contributed by atoms with Gasteiger partial charge in [0.25, 0.3) is 0 Å². The predicted octanol–water partition coefficient (Wildman–Crippen LogP) is 4.95. The van der Waals surface area contributed by atoms with Gasteiger partial charge in [-0.15, -0.1) is 11.8 Å². The van der Waals surface area contributed by atoms with E-state index in [2.05, 4.69) is 0 Å². The van der Waals surface area contributed by atoms with E-state index in [4.69, 9.17) is 0 Å². The second-order valence-corrected chi connectivity index (χ2v) is 9.43. The zero-order valence-corrected chi connectivity index (χ0v) is 15.2. The van der Waals surface area contributed by atoms with Gasteiger partial charge in [-0.05, 0) is 23.8 Å². The molecule has 0 saturated carbocycles. The first kappa shape index (κ1) is 19.4. The summed E-state index contributed by atoms with van der Waals surface area (Å²) in [5, 5.41) is -0.801. The standard InChI is InChI=1S/C16H19F4NOS2/c1-15(2,3)24-7-6-21-13(22)9-23-14(21)11-8-10(17)4-5-12(11)16(18,19)20/h4-5,8,14H,6-7,9H2,1-3H3. The number of halogens is 4. The SMILES string of the molecule is CC(C)(C)SCCN1C(=O)CSC1c1cc(F)ccc1C(F)(F)F. The highest BCUT2D eigenvalue weighted by molar-refractivity contribution is 8.01. The molecule has 1 saturated heterocycles. The molecule has 1 fully saturated rings. The Morgan fingerprint density at radius 2 is 1.96 bits per heavy atom. The average Bonchev–Trinajstić information content (AvgIpc) is 2.77. The quantitative estimate of drug-likeness (QED) is 0.689. The first-order valence-corrected chi connectivity index (χ1v) is 9.44. The minimum absolute atomic E-state index is 0.00139. The van der Waals surface area contributed by atoms with Crippen molar-refractivity contribution < 1.29 is 22.4 Å². The Bertz CT molecular complexity index is 613. The van der Waals surface area contributed by atoms with Crippen molar-refractivity contribution >= 4 is 29.4 Å². The van der Waals surface area contributed by atoms with Gasteiger partial charge >= 0.3 is 6.18 Å². The number of benzene rings is 1. The second kappa shape index (κ2) is 7.15. The molecule has 1 aromatic carbocycles. The van der Waals surface area contributed by atoms with Crippen LogP contribution in [0, 0.1) is 5.82 Å². The lowest BCUT2D eigenvalue weighted by molar-refractivity contribution is -0.139. The fourth-order valence-electron chi connectivity index (χ4n) is 2.40. The third kappa shape index (κ3) is 4.81. The average molecular weight is 381 g/mol. The molecule has 1 amide bonds. The summed E-state index contributed by atoms with van der Waals surface area (Å²) in [6.45, 7) is 6.43. The molecule has 24 heavy (non-hydrogen) atoms.